The van der Waals surface area contributed by atoms with Crippen molar-refractivity contribution in [2.45, 2.75) is 26.4 Å². The van der Waals surface area contributed by atoms with Crippen LogP contribution in [-0.4, -0.2) is 21.3 Å². The quantitative estimate of drug-likeness (QED) is 0.765. The van der Waals surface area contributed by atoms with Crippen molar-refractivity contribution in [3.8, 4) is 11.3 Å². The molecule has 5 heteroatoms. The van der Waals surface area contributed by atoms with E-state index in [-0.39, 0.29) is 0 Å². The number of pyridine rings is 1. The second-order valence-corrected chi connectivity index (χ2v) is 6.31. The van der Waals surface area contributed by atoms with Crippen molar-refractivity contribution in [3.05, 3.63) is 54.7 Å². The van der Waals surface area contributed by atoms with Gasteiger partial charge in [-0.1, -0.05) is 30.3 Å². The average Bonchev–Trinajstić information content (AvgIpc) is 2.89. The van der Waals surface area contributed by atoms with Gasteiger partial charge in [0.25, 0.3) is 0 Å². The van der Waals surface area contributed by atoms with Gasteiger partial charge in [0, 0.05) is 5.56 Å². The van der Waals surface area contributed by atoms with Crippen LogP contribution in [-0.2, 0) is 4.74 Å². The number of hydrogen-bond donors (Lipinski definition) is 1. The Morgan fingerprint density at radius 2 is 1.87 bits per heavy atom. The van der Waals surface area contributed by atoms with Gasteiger partial charge >= 0.3 is 6.09 Å². The smallest absolute Gasteiger partial charge is 0.412 e. The van der Waals surface area contributed by atoms with Crippen molar-refractivity contribution in [1.29, 1.82) is 0 Å². The summed E-state index contributed by atoms with van der Waals surface area (Å²) in [6.07, 6.45) is 1.29. The van der Waals surface area contributed by atoms with Crippen LogP contribution in [0.2, 0.25) is 0 Å². The number of amides is 1. The van der Waals surface area contributed by atoms with E-state index in [1.165, 1.54) is 0 Å². The molecule has 0 unspecified atom stereocenters. The van der Waals surface area contributed by atoms with E-state index in [4.69, 9.17) is 4.74 Å². The SMILES string of the molecule is CC(C)(C)OC(=O)Nc1ccc2cc(-c3ccccc3)nn2c1. The lowest BCUT2D eigenvalue weighted by molar-refractivity contribution is 0.0636. The second-order valence-electron chi connectivity index (χ2n) is 6.31. The van der Waals surface area contributed by atoms with E-state index in [0.717, 1.165) is 16.8 Å². The molecule has 0 spiro atoms. The zero-order valence-electron chi connectivity index (χ0n) is 13.4. The molecule has 0 fully saturated rings. The normalized spacial score (nSPS) is 11.4. The van der Waals surface area contributed by atoms with Crippen LogP contribution in [0.1, 0.15) is 20.8 Å². The summed E-state index contributed by atoms with van der Waals surface area (Å²) in [5.41, 5.74) is 3.01. The minimum absolute atomic E-state index is 0.479. The maximum Gasteiger partial charge on any atom is 0.412 e. The number of benzene rings is 1. The zero-order valence-corrected chi connectivity index (χ0v) is 13.4. The summed E-state index contributed by atoms with van der Waals surface area (Å²) >= 11 is 0. The van der Waals surface area contributed by atoms with Gasteiger partial charge in [-0.15, -0.1) is 0 Å². The molecule has 1 amide bonds. The molecule has 0 aliphatic carbocycles. The van der Waals surface area contributed by atoms with Gasteiger partial charge < -0.3 is 4.74 Å². The third kappa shape index (κ3) is 3.69. The summed E-state index contributed by atoms with van der Waals surface area (Å²) in [6.45, 7) is 5.49. The number of nitrogens with zero attached hydrogens (tertiary/aromatic N) is 2. The topological polar surface area (TPSA) is 55.6 Å². The van der Waals surface area contributed by atoms with Crippen molar-refractivity contribution in [3.63, 3.8) is 0 Å². The highest BCUT2D eigenvalue weighted by Gasteiger charge is 2.16. The van der Waals surface area contributed by atoms with Crippen LogP contribution in [0.3, 0.4) is 0 Å². The number of anilines is 1. The highest BCUT2D eigenvalue weighted by Crippen LogP contribution is 2.21. The molecule has 0 saturated carbocycles. The first-order valence-electron chi connectivity index (χ1n) is 7.46. The number of rotatable bonds is 2. The van der Waals surface area contributed by atoms with Crippen LogP contribution >= 0.6 is 0 Å². The van der Waals surface area contributed by atoms with Crippen LogP contribution in [0.15, 0.2) is 54.7 Å². The highest BCUT2D eigenvalue weighted by molar-refractivity contribution is 5.85. The molecule has 0 atom stereocenters. The molecule has 1 N–H and O–H groups in total. The molecule has 0 bridgehead atoms. The molecule has 1 aromatic carbocycles. The van der Waals surface area contributed by atoms with E-state index in [9.17, 15) is 4.79 Å². The molecule has 0 radical (unpaired) electrons. The molecule has 3 rings (SSSR count). The Kier molecular flexibility index (Phi) is 3.78. The molecule has 3 aromatic rings. The van der Waals surface area contributed by atoms with E-state index >= 15 is 0 Å². The van der Waals surface area contributed by atoms with E-state index < -0.39 is 11.7 Å². The third-order valence-corrected chi connectivity index (χ3v) is 3.17. The summed E-state index contributed by atoms with van der Waals surface area (Å²) < 4.78 is 6.99. The fraction of sp³-hybridized carbons (Fsp3) is 0.222. The Labute approximate surface area is 134 Å². The predicted molar refractivity (Wildman–Crippen MR) is 90.5 cm³/mol. The monoisotopic (exact) mass is 309 g/mol. The Balaban J connectivity index is 1.84. The molecular formula is C18H19N3O2. The lowest BCUT2D eigenvalue weighted by Gasteiger charge is -2.19. The van der Waals surface area contributed by atoms with Gasteiger partial charge in [-0.2, -0.15) is 5.10 Å². The van der Waals surface area contributed by atoms with Crippen molar-refractivity contribution < 1.29 is 9.53 Å². The molecular weight excluding hydrogens is 290 g/mol. The molecule has 0 aliphatic rings. The van der Waals surface area contributed by atoms with E-state index in [1.54, 1.807) is 10.7 Å². The third-order valence-electron chi connectivity index (χ3n) is 3.17. The van der Waals surface area contributed by atoms with Gasteiger partial charge in [0.15, 0.2) is 0 Å². The number of aromatic nitrogens is 2. The highest BCUT2D eigenvalue weighted by atomic mass is 16.6. The molecule has 2 aromatic heterocycles. The van der Waals surface area contributed by atoms with Crippen LogP contribution < -0.4 is 5.32 Å². The van der Waals surface area contributed by atoms with Crippen LogP contribution in [0, 0.1) is 0 Å². The molecule has 0 aliphatic heterocycles. The van der Waals surface area contributed by atoms with E-state index in [0.29, 0.717) is 5.69 Å². The Bertz CT molecular complexity index is 832. The van der Waals surface area contributed by atoms with Crippen LogP contribution in [0.4, 0.5) is 10.5 Å². The fourth-order valence-electron chi connectivity index (χ4n) is 2.23. The number of carbonyl (C=O) groups excluding carboxylic acids is 1. The molecule has 5 nitrogen and oxygen atoms in total. The summed E-state index contributed by atoms with van der Waals surface area (Å²) in [5.74, 6) is 0. The van der Waals surface area contributed by atoms with Gasteiger partial charge in [0.2, 0.25) is 0 Å². The van der Waals surface area contributed by atoms with Crippen molar-refractivity contribution in [1.82, 2.24) is 9.61 Å². The zero-order chi connectivity index (χ0) is 16.4. The largest absolute Gasteiger partial charge is 0.444 e. The number of hydrogen-bond acceptors (Lipinski definition) is 3. The predicted octanol–water partition coefficient (Wildman–Crippen LogP) is 4.35. The number of carbonyl (C=O) groups is 1. The van der Waals surface area contributed by atoms with E-state index in [1.807, 2.05) is 69.3 Å². The first-order chi connectivity index (χ1) is 10.9. The Morgan fingerprint density at radius 1 is 1.13 bits per heavy atom. The van der Waals surface area contributed by atoms with Gasteiger partial charge in [-0.05, 0) is 39.0 Å². The van der Waals surface area contributed by atoms with Gasteiger partial charge in [0.1, 0.15) is 5.60 Å². The molecule has 23 heavy (non-hydrogen) atoms. The fourth-order valence-corrected chi connectivity index (χ4v) is 2.23. The second kappa shape index (κ2) is 5.76. The minimum Gasteiger partial charge on any atom is -0.444 e. The molecule has 2 heterocycles. The van der Waals surface area contributed by atoms with Crippen molar-refractivity contribution >= 4 is 17.3 Å². The number of ether oxygens (including phenoxy) is 1. The molecule has 0 saturated heterocycles. The lowest BCUT2D eigenvalue weighted by atomic mass is 10.1. The van der Waals surface area contributed by atoms with Crippen LogP contribution in [0.5, 0.6) is 0 Å². The standard InChI is InChI=1S/C18H19N3O2/c1-18(2,3)23-17(22)19-14-9-10-15-11-16(20-21(15)12-14)13-7-5-4-6-8-13/h4-12H,1-3H3,(H,19,22). The van der Waals surface area contributed by atoms with Crippen molar-refractivity contribution in [2.75, 3.05) is 5.32 Å². The summed E-state index contributed by atoms with van der Waals surface area (Å²) in [5, 5.41) is 7.27. The number of fused-ring (bicyclic) bond motifs is 1. The summed E-state index contributed by atoms with van der Waals surface area (Å²) in [6, 6.07) is 15.7. The minimum atomic E-state index is -0.527. The van der Waals surface area contributed by atoms with Crippen molar-refractivity contribution in [2.24, 2.45) is 0 Å². The first kappa shape index (κ1) is 15.1. The Morgan fingerprint density at radius 3 is 2.57 bits per heavy atom. The first-order valence-corrected chi connectivity index (χ1v) is 7.46. The Hall–Kier alpha value is -2.82. The van der Waals surface area contributed by atoms with E-state index in [2.05, 4.69) is 10.4 Å². The molecule has 118 valence electrons. The summed E-state index contributed by atoms with van der Waals surface area (Å²) in [7, 11) is 0. The average molecular weight is 309 g/mol. The summed E-state index contributed by atoms with van der Waals surface area (Å²) in [4.78, 5) is 11.8. The van der Waals surface area contributed by atoms with Gasteiger partial charge in [0.05, 0.1) is 23.1 Å². The van der Waals surface area contributed by atoms with Crippen LogP contribution in [0.25, 0.3) is 16.8 Å². The van der Waals surface area contributed by atoms with Gasteiger partial charge in [-0.3, -0.25) is 5.32 Å². The van der Waals surface area contributed by atoms with Gasteiger partial charge in [-0.25, -0.2) is 9.31 Å². The maximum absolute atomic E-state index is 11.8. The number of nitrogens with one attached hydrogen (secondary N) is 1. The maximum atomic E-state index is 11.8. The lowest BCUT2D eigenvalue weighted by Crippen LogP contribution is -2.27.